The lowest BCUT2D eigenvalue weighted by atomic mass is 9.94. The van der Waals surface area contributed by atoms with E-state index >= 15 is 0 Å². The van der Waals surface area contributed by atoms with E-state index in [0.717, 1.165) is 50.1 Å². The van der Waals surface area contributed by atoms with Crippen LogP contribution in [0.2, 0.25) is 0 Å². The van der Waals surface area contributed by atoms with Crippen LogP contribution in [0.25, 0.3) is 0 Å². The average molecular weight is 363 g/mol. The van der Waals surface area contributed by atoms with E-state index in [1.165, 1.54) is 29.7 Å². The fourth-order valence-electron chi connectivity index (χ4n) is 4.07. The van der Waals surface area contributed by atoms with E-state index in [4.69, 9.17) is 4.52 Å². The van der Waals surface area contributed by atoms with Crippen molar-refractivity contribution in [2.75, 3.05) is 11.4 Å². The molecule has 27 heavy (non-hydrogen) atoms. The molecule has 0 amide bonds. The quantitative estimate of drug-likeness (QED) is 0.679. The molecule has 3 nitrogen and oxygen atoms in total. The summed E-state index contributed by atoms with van der Waals surface area (Å²) in [5, 5.41) is 4.35. The van der Waals surface area contributed by atoms with E-state index in [9.17, 15) is 0 Å². The highest BCUT2D eigenvalue weighted by Crippen LogP contribution is 2.47. The highest BCUT2D eigenvalue weighted by atomic mass is 16.5. The number of benzene rings is 1. The maximum absolute atomic E-state index is 5.55. The van der Waals surface area contributed by atoms with Gasteiger partial charge >= 0.3 is 0 Å². The molecule has 1 saturated carbocycles. The first-order valence-corrected chi connectivity index (χ1v) is 10.5. The van der Waals surface area contributed by atoms with Crippen LogP contribution in [0.5, 0.6) is 0 Å². The van der Waals surface area contributed by atoms with Crippen LogP contribution in [0, 0.1) is 11.8 Å². The van der Waals surface area contributed by atoms with E-state index in [1.54, 1.807) is 0 Å². The van der Waals surface area contributed by atoms with Gasteiger partial charge in [-0.1, -0.05) is 36.4 Å². The van der Waals surface area contributed by atoms with E-state index in [2.05, 4.69) is 66.9 Å². The molecule has 2 aromatic rings. The summed E-state index contributed by atoms with van der Waals surface area (Å²) < 4.78 is 5.55. The van der Waals surface area contributed by atoms with Crippen molar-refractivity contribution in [2.45, 2.75) is 77.2 Å². The normalized spacial score (nSPS) is 17.4. The summed E-state index contributed by atoms with van der Waals surface area (Å²) in [5.74, 6) is 8.11. The second-order valence-corrected chi connectivity index (χ2v) is 8.31. The Morgan fingerprint density at radius 1 is 1.30 bits per heavy atom. The van der Waals surface area contributed by atoms with Gasteiger partial charge in [-0.15, -0.1) is 0 Å². The molecule has 3 heteroatoms. The molecule has 2 heterocycles. The highest BCUT2D eigenvalue weighted by Gasteiger charge is 2.45. The summed E-state index contributed by atoms with van der Waals surface area (Å²) in [7, 11) is 0. The Labute approximate surface area is 163 Å². The maximum atomic E-state index is 5.55. The van der Waals surface area contributed by atoms with Gasteiger partial charge in [-0.05, 0) is 63.6 Å². The molecule has 0 atom stereocenters. The van der Waals surface area contributed by atoms with Crippen molar-refractivity contribution < 1.29 is 4.52 Å². The molecule has 1 aliphatic carbocycles. The first-order valence-electron chi connectivity index (χ1n) is 10.5. The van der Waals surface area contributed by atoms with Gasteiger partial charge in [0.15, 0.2) is 0 Å². The van der Waals surface area contributed by atoms with E-state index < -0.39 is 0 Å². The van der Waals surface area contributed by atoms with Crippen LogP contribution in [0.3, 0.4) is 0 Å². The minimum absolute atomic E-state index is 0.0803. The zero-order valence-corrected chi connectivity index (χ0v) is 16.8. The third-order valence-corrected chi connectivity index (χ3v) is 5.92. The predicted molar refractivity (Wildman–Crippen MR) is 110 cm³/mol. The fraction of sp³-hybridized carbons (Fsp3) is 0.542. The smallest absolute Gasteiger partial charge is 0.137 e. The third-order valence-electron chi connectivity index (χ3n) is 5.92. The molecule has 4 rings (SSSR count). The second-order valence-electron chi connectivity index (χ2n) is 8.31. The van der Waals surface area contributed by atoms with Crippen LogP contribution >= 0.6 is 0 Å². The molecular weight excluding hydrogens is 332 g/mol. The van der Waals surface area contributed by atoms with Crippen molar-refractivity contribution in [1.82, 2.24) is 5.16 Å². The Balaban J connectivity index is 1.60. The molecule has 1 aromatic heterocycles. The van der Waals surface area contributed by atoms with Crippen LogP contribution in [0.4, 0.5) is 5.69 Å². The summed E-state index contributed by atoms with van der Waals surface area (Å²) in [6.45, 7) is 7.89. The standard InChI is InChI=1S/C24H30N2O/c1-4-5-9-20-17-23(25-27-20)24(14-15-24)13-12-19-8-6-11-22-21(19)10-7-16-26(22)18(2)3/h6,8,11,17-18H,4-5,7,9-10,14-16H2,1-3H3. The van der Waals surface area contributed by atoms with Gasteiger partial charge in [0.25, 0.3) is 0 Å². The zero-order valence-electron chi connectivity index (χ0n) is 16.8. The Morgan fingerprint density at radius 3 is 2.89 bits per heavy atom. The SMILES string of the molecule is CCCCc1cc(C2(C#Cc3cccc4c3CCCN4C(C)C)CC2)no1. The molecule has 0 spiro atoms. The summed E-state index contributed by atoms with van der Waals surface area (Å²) in [6, 6.07) is 9.25. The number of nitrogens with zero attached hydrogens (tertiary/aromatic N) is 2. The Morgan fingerprint density at radius 2 is 2.15 bits per heavy atom. The van der Waals surface area contributed by atoms with Gasteiger partial charge in [-0.2, -0.15) is 0 Å². The molecule has 1 aliphatic heterocycles. The fourth-order valence-corrected chi connectivity index (χ4v) is 4.07. The lowest BCUT2D eigenvalue weighted by Crippen LogP contribution is -2.35. The maximum Gasteiger partial charge on any atom is 0.137 e. The van der Waals surface area contributed by atoms with Crippen molar-refractivity contribution in [1.29, 1.82) is 0 Å². The predicted octanol–water partition coefficient (Wildman–Crippen LogP) is 5.26. The van der Waals surface area contributed by atoms with Crippen molar-refractivity contribution in [3.8, 4) is 11.8 Å². The number of fused-ring (bicyclic) bond motifs is 1. The Hall–Kier alpha value is -2.21. The molecule has 0 N–H and O–H groups in total. The van der Waals surface area contributed by atoms with Gasteiger partial charge < -0.3 is 9.42 Å². The third kappa shape index (κ3) is 3.63. The number of anilines is 1. The minimum Gasteiger partial charge on any atom is -0.369 e. The van der Waals surface area contributed by atoms with Crippen molar-refractivity contribution in [3.05, 3.63) is 46.8 Å². The number of aryl methyl sites for hydroxylation is 1. The number of hydrogen-bond donors (Lipinski definition) is 0. The molecule has 0 saturated heterocycles. The average Bonchev–Trinajstić information content (AvgIpc) is 3.32. The molecule has 1 fully saturated rings. The van der Waals surface area contributed by atoms with E-state index in [1.807, 2.05) is 0 Å². The number of unbranched alkanes of at least 4 members (excludes halogenated alkanes) is 1. The monoisotopic (exact) mass is 362 g/mol. The van der Waals surface area contributed by atoms with Gasteiger partial charge in [-0.3, -0.25) is 0 Å². The number of rotatable bonds is 5. The number of hydrogen-bond acceptors (Lipinski definition) is 3. The molecular formula is C24H30N2O. The summed E-state index contributed by atoms with van der Waals surface area (Å²) in [4.78, 5) is 2.51. The summed E-state index contributed by atoms with van der Waals surface area (Å²) in [5.41, 5.74) is 4.94. The van der Waals surface area contributed by atoms with Crippen LogP contribution in [0.15, 0.2) is 28.8 Å². The van der Waals surface area contributed by atoms with Gasteiger partial charge in [0.1, 0.15) is 11.5 Å². The van der Waals surface area contributed by atoms with Crippen LogP contribution < -0.4 is 4.90 Å². The van der Waals surface area contributed by atoms with Gasteiger partial charge in [-0.25, -0.2) is 0 Å². The summed E-state index contributed by atoms with van der Waals surface area (Å²) >= 11 is 0. The molecule has 0 bridgehead atoms. The topological polar surface area (TPSA) is 29.3 Å². The lowest BCUT2D eigenvalue weighted by molar-refractivity contribution is 0.372. The van der Waals surface area contributed by atoms with E-state index in [0.29, 0.717) is 6.04 Å². The van der Waals surface area contributed by atoms with E-state index in [-0.39, 0.29) is 5.41 Å². The van der Waals surface area contributed by atoms with Crippen molar-refractivity contribution in [3.63, 3.8) is 0 Å². The zero-order chi connectivity index (χ0) is 18.9. The van der Waals surface area contributed by atoms with Crippen LogP contribution in [-0.2, 0) is 18.3 Å². The van der Waals surface area contributed by atoms with Gasteiger partial charge in [0.05, 0.1) is 5.41 Å². The highest BCUT2D eigenvalue weighted by molar-refractivity contribution is 5.63. The minimum atomic E-state index is -0.0803. The first kappa shape index (κ1) is 18.2. The van der Waals surface area contributed by atoms with Gasteiger partial charge in [0.2, 0.25) is 0 Å². The first-order chi connectivity index (χ1) is 13.1. The largest absolute Gasteiger partial charge is 0.369 e. The lowest BCUT2D eigenvalue weighted by Gasteiger charge is -2.35. The van der Waals surface area contributed by atoms with Gasteiger partial charge in [0, 0.05) is 36.3 Å². The van der Waals surface area contributed by atoms with Crippen LogP contribution in [-0.4, -0.2) is 17.7 Å². The molecule has 142 valence electrons. The molecule has 2 aliphatic rings. The Bertz CT molecular complexity index is 864. The van der Waals surface area contributed by atoms with Crippen molar-refractivity contribution in [2.24, 2.45) is 0 Å². The van der Waals surface area contributed by atoms with Crippen LogP contribution in [0.1, 0.15) is 75.5 Å². The molecule has 0 unspecified atom stereocenters. The Kier molecular flexibility index (Phi) is 5.00. The van der Waals surface area contributed by atoms with Crippen molar-refractivity contribution >= 4 is 5.69 Å². The molecule has 0 radical (unpaired) electrons. The number of aromatic nitrogens is 1. The summed E-state index contributed by atoms with van der Waals surface area (Å²) in [6.07, 6.45) is 7.81. The second kappa shape index (κ2) is 7.43. The molecule has 1 aromatic carbocycles.